The molecule has 0 spiro atoms. The first-order chi connectivity index (χ1) is 12.1. The number of rotatable bonds is 5. The molecule has 3 rings (SSSR count). The van der Waals surface area contributed by atoms with Crippen molar-refractivity contribution in [3.63, 3.8) is 0 Å². The smallest absolute Gasteiger partial charge is 0.280 e. The Morgan fingerprint density at radius 2 is 2.04 bits per heavy atom. The van der Waals surface area contributed by atoms with E-state index in [1.807, 2.05) is 28.8 Å². The van der Waals surface area contributed by atoms with Crippen LogP contribution in [0.5, 0.6) is 5.75 Å². The number of carbonyl (C=O) groups is 1. The van der Waals surface area contributed by atoms with Gasteiger partial charge in [-0.25, -0.2) is 0 Å². The molecule has 0 saturated carbocycles. The topological polar surface area (TPSA) is 52.8 Å². The number of thiazole rings is 1. The molecule has 1 heterocycles. The van der Waals surface area contributed by atoms with Crippen molar-refractivity contribution in [1.82, 2.24) is 4.57 Å². The quantitative estimate of drug-likeness (QED) is 0.629. The number of methoxy groups -OCH3 is 2. The molecule has 25 heavy (non-hydrogen) atoms. The van der Waals surface area contributed by atoms with Gasteiger partial charge in [0.2, 0.25) is 0 Å². The minimum Gasteiger partial charge on any atom is -0.497 e. The largest absolute Gasteiger partial charge is 0.497 e. The lowest BCUT2D eigenvalue weighted by Crippen LogP contribution is -2.19. The average Bonchev–Trinajstić information content (AvgIpc) is 2.97. The Kier molecular flexibility index (Phi) is 5.67. The highest BCUT2D eigenvalue weighted by Crippen LogP contribution is 2.23. The van der Waals surface area contributed by atoms with Crippen LogP contribution < -0.4 is 9.54 Å². The Labute approximate surface area is 157 Å². The van der Waals surface area contributed by atoms with Crippen LogP contribution in [-0.4, -0.2) is 31.3 Å². The summed E-state index contributed by atoms with van der Waals surface area (Å²) in [6.45, 7) is 1.18. The zero-order valence-electron chi connectivity index (χ0n) is 13.9. The van der Waals surface area contributed by atoms with Crippen LogP contribution in [-0.2, 0) is 11.3 Å². The third-order valence-electron chi connectivity index (χ3n) is 3.71. The van der Waals surface area contributed by atoms with E-state index in [-0.39, 0.29) is 5.91 Å². The highest BCUT2D eigenvalue weighted by Gasteiger charge is 2.12. The van der Waals surface area contributed by atoms with Crippen LogP contribution in [0.25, 0.3) is 10.2 Å². The first kappa shape index (κ1) is 17.8. The fourth-order valence-electron chi connectivity index (χ4n) is 2.45. The predicted octanol–water partition coefficient (Wildman–Crippen LogP) is 3.86. The third-order valence-corrected chi connectivity index (χ3v) is 5.46. The minimum atomic E-state index is -0.316. The van der Waals surface area contributed by atoms with E-state index in [0.29, 0.717) is 33.7 Å². The number of carbonyl (C=O) groups excluding carboxylic acids is 1. The van der Waals surface area contributed by atoms with Crippen molar-refractivity contribution >= 4 is 43.4 Å². The zero-order valence-corrected chi connectivity index (χ0v) is 16.3. The van der Waals surface area contributed by atoms with Crippen LogP contribution in [0.2, 0.25) is 0 Å². The van der Waals surface area contributed by atoms with Gasteiger partial charge in [-0.2, -0.15) is 4.99 Å². The molecule has 1 amide bonds. The van der Waals surface area contributed by atoms with Crippen LogP contribution in [0.15, 0.2) is 51.9 Å². The van der Waals surface area contributed by atoms with Gasteiger partial charge in [0.05, 0.1) is 29.5 Å². The maximum atomic E-state index is 12.7. The summed E-state index contributed by atoms with van der Waals surface area (Å²) in [5, 5.41) is 0. The number of hydrogen-bond donors (Lipinski definition) is 0. The van der Waals surface area contributed by atoms with Gasteiger partial charge in [0.25, 0.3) is 5.91 Å². The van der Waals surface area contributed by atoms with E-state index in [1.165, 1.54) is 11.3 Å². The summed E-state index contributed by atoms with van der Waals surface area (Å²) in [7, 11) is 3.23. The maximum Gasteiger partial charge on any atom is 0.280 e. The lowest BCUT2D eigenvalue weighted by atomic mass is 10.2. The lowest BCUT2D eigenvalue weighted by molar-refractivity contribution is 0.0996. The number of hydrogen-bond acceptors (Lipinski definition) is 4. The second-order valence-corrected chi connectivity index (χ2v) is 7.12. The molecular weight excluding hydrogens is 404 g/mol. The van der Waals surface area contributed by atoms with E-state index in [4.69, 9.17) is 9.47 Å². The Morgan fingerprint density at radius 3 is 2.80 bits per heavy atom. The molecule has 3 aromatic rings. The van der Waals surface area contributed by atoms with Gasteiger partial charge in [0.1, 0.15) is 5.75 Å². The van der Waals surface area contributed by atoms with Crippen molar-refractivity contribution in [2.45, 2.75) is 6.54 Å². The molecule has 0 atom stereocenters. The molecule has 2 aromatic carbocycles. The van der Waals surface area contributed by atoms with Crippen molar-refractivity contribution < 1.29 is 14.3 Å². The molecule has 0 N–H and O–H groups in total. The van der Waals surface area contributed by atoms with E-state index in [2.05, 4.69) is 20.9 Å². The first-order valence-electron chi connectivity index (χ1n) is 7.64. The highest BCUT2D eigenvalue weighted by atomic mass is 79.9. The monoisotopic (exact) mass is 420 g/mol. The molecule has 0 aliphatic carbocycles. The van der Waals surface area contributed by atoms with Crippen LogP contribution in [0.3, 0.4) is 0 Å². The summed E-state index contributed by atoms with van der Waals surface area (Å²) in [4.78, 5) is 17.7. The van der Waals surface area contributed by atoms with Crippen LogP contribution in [0, 0.1) is 0 Å². The number of nitrogens with zero attached hydrogens (tertiary/aromatic N) is 2. The van der Waals surface area contributed by atoms with Crippen molar-refractivity contribution in [2.75, 3.05) is 20.8 Å². The van der Waals surface area contributed by atoms with Gasteiger partial charge in [-0.1, -0.05) is 23.5 Å². The Balaban J connectivity index is 2.10. The molecule has 0 bridgehead atoms. The molecule has 0 aliphatic rings. The van der Waals surface area contributed by atoms with Gasteiger partial charge in [0.15, 0.2) is 4.80 Å². The summed E-state index contributed by atoms with van der Waals surface area (Å²) in [5.41, 5.74) is 1.51. The normalized spacial score (nSPS) is 11.9. The molecule has 7 heteroatoms. The summed E-state index contributed by atoms with van der Waals surface area (Å²) >= 11 is 4.90. The average molecular weight is 421 g/mol. The number of aromatic nitrogens is 1. The zero-order chi connectivity index (χ0) is 17.8. The Morgan fingerprint density at radius 1 is 1.24 bits per heavy atom. The van der Waals surface area contributed by atoms with Gasteiger partial charge in [0, 0.05) is 18.1 Å². The number of fused-ring (bicyclic) bond motifs is 1. The van der Waals surface area contributed by atoms with Crippen molar-refractivity contribution in [3.8, 4) is 5.75 Å². The predicted molar refractivity (Wildman–Crippen MR) is 102 cm³/mol. The van der Waals surface area contributed by atoms with Crippen LogP contribution in [0.1, 0.15) is 10.4 Å². The number of para-hydroxylation sites is 1. The third kappa shape index (κ3) is 3.84. The number of halogens is 1. The SMILES string of the molecule is COCCn1/c(=N/C(=O)c2cc(OC)ccc2Br)sc2ccccc21. The van der Waals surface area contributed by atoms with E-state index in [0.717, 1.165) is 10.2 Å². The minimum absolute atomic E-state index is 0.316. The first-order valence-corrected chi connectivity index (χ1v) is 9.25. The van der Waals surface area contributed by atoms with Crippen molar-refractivity contribution in [2.24, 2.45) is 4.99 Å². The second kappa shape index (κ2) is 7.95. The van der Waals surface area contributed by atoms with Crippen LogP contribution >= 0.6 is 27.3 Å². The van der Waals surface area contributed by atoms with Crippen molar-refractivity contribution in [3.05, 3.63) is 57.3 Å². The summed E-state index contributed by atoms with van der Waals surface area (Å²) in [5.74, 6) is 0.300. The number of amides is 1. The summed E-state index contributed by atoms with van der Waals surface area (Å²) in [6, 6.07) is 13.3. The Bertz CT molecular complexity index is 978. The van der Waals surface area contributed by atoms with E-state index in [9.17, 15) is 4.79 Å². The summed E-state index contributed by atoms with van der Waals surface area (Å²) < 4.78 is 14.2. The molecule has 0 saturated heterocycles. The number of ether oxygens (including phenoxy) is 2. The lowest BCUT2D eigenvalue weighted by Gasteiger charge is -2.05. The fourth-order valence-corrected chi connectivity index (χ4v) is 3.92. The standard InChI is InChI=1S/C18H17BrN2O3S/c1-23-10-9-21-15-5-3-4-6-16(15)25-18(21)20-17(22)13-11-12(24-2)7-8-14(13)19/h3-8,11H,9-10H2,1-2H3/b20-18-. The highest BCUT2D eigenvalue weighted by molar-refractivity contribution is 9.10. The van der Waals surface area contributed by atoms with E-state index >= 15 is 0 Å². The molecule has 1 aromatic heterocycles. The van der Waals surface area contributed by atoms with E-state index < -0.39 is 0 Å². The fraction of sp³-hybridized carbons (Fsp3) is 0.222. The molecule has 0 radical (unpaired) electrons. The van der Waals surface area contributed by atoms with E-state index in [1.54, 1.807) is 32.4 Å². The Hall–Kier alpha value is -1.96. The molecule has 0 aliphatic heterocycles. The molecule has 130 valence electrons. The molecule has 0 unspecified atom stereocenters. The van der Waals surface area contributed by atoms with Gasteiger partial charge in [-0.15, -0.1) is 0 Å². The van der Waals surface area contributed by atoms with Gasteiger partial charge in [-0.3, -0.25) is 4.79 Å². The molecule has 0 fully saturated rings. The second-order valence-electron chi connectivity index (χ2n) is 5.26. The van der Waals surface area contributed by atoms with Crippen molar-refractivity contribution in [1.29, 1.82) is 0 Å². The van der Waals surface area contributed by atoms with Gasteiger partial charge in [-0.05, 0) is 46.3 Å². The van der Waals surface area contributed by atoms with Gasteiger partial charge >= 0.3 is 0 Å². The molecule has 5 nitrogen and oxygen atoms in total. The van der Waals surface area contributed by atoms with Gasteiger partial charge < -0.3 is 14.0 Å². The summed E-state index contributed by atoms with van der Waals surface area (Å²) in [6.07, 6.45) is 0. The maximum absolute atomic E-state index is 12.7. The molecular formula is C18H17BrN2O3S. The van der Waals surface area contributed by atoms with Crippen LogP contribution in [0.4, 0.5) is 0 Å². The number of benzene rings is 2.